The summed E-state index contributed by atoms with van der Waals surface area (Å²) in [5, 5.41) is 0. The highest BCUT2D eigenvalue weighted by atomic mass is 16.5. The van der Waals surface area contributed by atoms with Gasteiger partial charge in [-0.15, -0.1) is 0 Å². The monoisotopic (exact) mass is 252 g/mol. The molecule has 0 aromatic carbocycles. The molecule has 0 aromatic heterocycles. The summed E-state index contributed by atoms with van der Waals surface area (Å²) in [5.74, 6) is 1.20. The molecule has 2 aliphatic heterocycles. The third-order valence-electron chi connectivity index (χ3n) is 5.09. The Morgan fingerprint density at radius 3 is 2.94 bits per heavy atom. The van der Waals surface area contributed by atoms with Crippen molar-refractivity contribution in [1.29, 1.82) is 0 Å². The minimum absolute atomic E-state index is 0.259. The van der Waals surface area contributed by atoms with E-state index in [9.17, 15) is 4.79 Å². The van der Waals surface area contributed by atoms with Gasteiger partial charge in [-0.1, -0.05) is 13.8 Å². The maximum atomic E-state index is 12.3. The molecule has 4 atom stereocenters. The maximum Gasteiger partial charge on any atom is 0.225 e. The maximum absolute atomic E-state index is 12.3. The molecule has 1 saturated carbocycles. The fourth-order valence-corrected chi connectivity index (χ4v) is 4.07. The second kappa shape index (κ2) is 4.20. The van der Waals surface area contributed by atoms with Crippen LogP contribution < -0.4 is 5.73 Å². The van der Waals surface area contributed by atoms with Crippen LogP contribution in [0.4, 0.5) is 0 Å². The van der Waals surface area contributed by atoms with E-state index in [2.05, 4.69) is 18.7 Å². The predicted octanol–water partition coefficient (Wildman–Crippen LogP) is 1.49. The fourth-order valence-electron chi connectivity index (χ4n) is 4.07. The molecule has 2 N–H and O–H groups in total. The molecule has 3 rings (SSSR count). The minimum Gasteiger partial charge on any atom is -0.353 e. The molecule has 1 aliphatic carbocycles. The minimum atomic E-state index is -0.305. The normalized spacial score (nSPS) is 44.1. The van der Waals surface area contributed by atoms with Crippen LogP contribution in [0.2, 0.25) is 0 Å². The first-order valence-corrected chi connectivity index (χ1v) is 7.26. The van der Waals surface area contributed by atoms with E-state index >= 15 is 0 Å². The number of hydrogen-bond donors (Lipinski definition) is 1. The van der Waals surface area contributed by atoms with E-state index in [1.807, 2.05) is 0 Å². The Bertz CT molecular complexity index is 358. The lowest BCUT2D eigenvalue weighted by Gasteiger charge is -2.52. The summed E-state index contributed by atoms with van der Waals surface area (Å²) in [7, 11) is 0. The van der Waals surface area contributed by atoms with Crippen molar-refractivity contribution < 1.29 is 9.53 Å². The highest BCUT2D eigenvalue weighted by molar-refractivity contribution is 5.78. The molecule has 0 radical (unpaired) electrons. The number of rotatable bonds is 1. The molecular formula is C14H24N2O2. The topological polar surface area (TPSA) is 55.6 Å². The Hall–Kier alpha value is -0.610. The van der Waals surface area contributed by atoms with Gasteiger partial charge in [-0.25, -0.2) is 0 Å². The summed E-state index contributed by atoms with van der Waals surface area (Å²) >= 11 is 0. The molecule has 2 saturated heterocycles. The van der Waals surface area contributed by atoms with Crippen molar-refractivity contribution in [2.24, 2.45) is 17.6 Å². The van der Waals surface area contributed by atoms with Crippen LogP contribution >= 0.6 is 0 Å². The summed E-state index contributed by atoms with van der Waals surface area (Å²) in [6.07, 6.45) is 4.53. The Morgan fingerprint density at radius 1 is 1.44 bits per heavy atom. The summed E-state index contributed by atoms with van der Waals surface area (Å²) in [4.78, 5) is 14.4. The van der Waals surface area contributed by atoms with Gasteiger partial charge in [0, 0.05) is 18.4 Å². The van der Waals surface area contributed by atoms with E-state index in [-0.39, 0.29) is 23.7 Å². The van der Waals surface area contributed by atoms with Gasteiger partial charge in [0.15, 0.2) is 0 Å². The van der Waals surface area contributed by atoms with Gasteiger partial charge < -0.3 is 15.4 Å². The van der Waals surface area contributed by atoms with Crippen LogP contribution in [0.25, 0.3) is 0 Å². The van der Waals surface area contributed by atoms with Crippen molar-refractivity contribution in [1.82, 2.24) is 4.90 Å². The van der Waals surface area contributed by atoms with Crippen LogP contribution in [0.15, 0.2) is 0 Å². The van der Waals surface area contributed by atoms with Crippen LogP contribution in [-0.2, 0) is 9.53 Å². The molecule has 2 heterocycles. The molecule has 0 aromatic rings. The molecular weight excluding hydrogens is 228 g/mol. The average Bonchev–Trinajstić information content (AvgIpc) is 2.71. The first-order valence-electron chi connectivity index (χ1n) is 7.26. The van der Waals surface area contributed by atoms with Crippen molar-refractivity contribution in [2.75, 3.05) is 6.61 Å². The van der Waals surface area contributed by atoms with Gasteiger partial charge in [-0.05, 0) is 31.6 Å². The Labute approximate surface area is 109 Å². The van der Waals surface area contributed by atoms with Crippen molar-refractivity contribution in [3.63, 3.8) is 0 Å². The lowest BCUT2D eigenvalue weighted by atomic mass is 9.73. The average molecular weight is 252 g/mol. The van der Waals surface area contributed by atoms with Gasteiger partial charge in [0.25, 0.3) is 0 Å². The number of nitrogens with zero attached hydrogens (tertiary/aromatic N) is 1. The predicted molar refractivity (Wildman–Crippen MR) is 68.7 cm³/mol. The standard InChI is InChI=1S/C14H24N2O2/c1-9(2)12-8-18-14-6-5-11(15)7-10(14)3-4-13(17)16(12)14/h9-12H,3-8,15H2,1-2H3/t10-,11?,12-,14-/m1/s1. The van der Waals surface area contributed by atoms with Gasteiger partial charge in [0.1, 0.15) is 5.72 Å². The van der Waals surface area contributed by atoms with Crippen molar-refractivity contribution in [3.8, 4) is 0 Å². The molecule has 3 fully saturated rings. The number of ether oxygens (including phenoxy) is 1. The molecule has 18 heavy (non-hydrogen) atoms. The quantitative estimate of drug-likeness (QED) is 0.769. The zero-order valence-electron chi connectivity index (χ0n) is 11.4. The largest absolute Gasteiger partial charge is 0.353 e. The van der Waals surface area contributed by atoms with E-state index in [4.69, 9.17) is 10.5 Å². The highest BCUT2D eigenvalue weighted by Gasteiger charge is 2.58. The molecule has 1 amide bonds. The molecule has 1 spiro atoms. The molecule has 0 bridgehead atoms. The van der Waals surface area contributed by atoms with E-state index < -0.39 is 0 Å². The Kier molecular flexibility index (Phi) is 2.90. The first kappa shape index (κ1) is 12.4. The fraction of sp³-hybridized carbons (Fsp3) is 0.929. The number of carbonyl (C=O) groups excluding carboxylic acids is 1. The lowest BCUT2D eigenvalue weighted by Crippen LogP contribution is -2.62. The van der Waals surface area contributed by atoms with Gasteiger partial charge in [-0.3, -0.25) is 4.79 Å². The van der Waals surface area contributed by atoms with Crippen molar-refractivity contribution >= 4 is 5.91 Å². The molecule has 3 aliphatic rings. The van der Waals surface area contributed by atoms with Gasteiger partial charge >= 0.3 is 0 Å². The van der Waals surface area contributed by atoms with Crippen LogP contribution in [0.5, 0.6) is 0 Å². The SMILES string of the molecule is CC(C)[C@H]1CO[C@]23CCC(N)C[C@H]2CCC(=O)N13. The van der Waals surface area contributed by atoms with Crippen LogP contribution in [0, 0.1) is 11.8 Å². The molecule has 4 nitrogen and oxygen atoms in total. The molecule has 102 valence electrons. The van der Waals surface area contributed by atoms with Crippen LogP contribution in [0.3, 0.4) is 0 Å². The van der Waals surface area contributed by atoms with Gasteiger partial charge in [0.2, 0.25) is 5.91 Å². The molecule has 4 heteroatoms. The smallest absolute Gasteiger partial charge is 0.225 e. The van der Waals surface area contributed by atoms with Gasteiger partial charge in [0.05, 0.1) is 12.6 Å². The molecule has 1 unspecified atom stereocenters. The zero-order valence-corrected chi connectivity index (χ0v) is 11.4. The lowest BCUT2D eigenvalue weighted by molar-refractivity contribution is -0.187. The number of nitrogens with two attached hydrogens (primary N) is 1. The third kappa shape index (κ3) is 1.62. The van der Waals surface area contributed by atoms with E-state index in [1.165, 1.54) is 0 Å². The Morgan fingerprint density at radius 2 is 2.22 bits per heavy atom. The van der Waals surface area contributed by atoms with E-state index in [0.717, 1.165) is 25.7 Å². The van der Waals surface area contributed by atoms with Crippen LogP contribution in [-0.4, -0.2) is 35.2 Å². The summed E-state index contributed by atoms with van der Waals surface area (Å²) in [5.41, 5.74) is 5.79. The summed E-state index contributed by atoms with van der Waals surface area (Å²) < 4.78 is 6.19. The Balaban J connectivity index is 1.93. The number of carbonyl (C=O) groups is 1. The van der Waals surface area contributed by atoms with E-state index in [0.29, 0.717) is 24.9 Å². The summed E-state index contributed by atoms with van der Waals surface area (Å²) in [6.45, 7) is 5.06. The zero-order chi connectivity index (χ0) is 12.9. The van der Waals surface area contributed by atoms with Crippen molar-refractivity contribution in [3.05, 3.63) is 0 Å². The highest BCUT2D eigenvalue weighted by Crippen LogP contribution is 2.49. The first-order chi connectivity index (χ1) is 8.54. The second-order valence-electron chi connectivity index (χ2n) is 6.50. The number of amides is 1. The van der Waals surface area contributed by atoms with Gasteiger partial charge in [-0.2, -0.15) is 0 Å². The van der Waals surface area contributed by atoms with E-state index in [1.54, 1.807) is 0 Å². The summed E-state index contributed by atoms with van der Waals surface area (Å²) in [6, 6.07) is 0.548. The third-order valence-corrected chi connectivity index (χ3v) is 5.09. The second-order valence-corrected chi connectivity index (χ2v) is 6.50. The number of piperidine rings is 1. The number of hydrogen-bond acceptors (Lipinski definition) is 3. The van der Waals surface area contributed by atoms with Crippen molar-refractivity contribution in [2.45, 2.75) is 63.8 Å². The van der Waals surface area contributed by atoms with Crippen LogP contribution in [0.1, 0.15) is 46.0 Å².